The van der Waals surface area contributed by atoms with Gasteiger partial charge in [-0.25, -0.2) is 12.8 Å². The average Bonchev–Trinajstić information content (AvgIpc) is 2.62. The SMILES string of the molecule is CN=C(NCCS(=O)(=O)C(C)(C)C)NC1CCCN(Cc2ccc(F)cc2Cl)C1. The van der Waals surface area contributed by atoms with Gasteiger partial charge in [0.25, 0.3) is 0 Å². The van der Waals surface area contributed by atoms with E-state index in [-0.39, 0.29) is 17.6 Å². The lowest BCUT2D eigenvalue weighted by Gasteiger charge is -2.34. The van der Waals surface area contributed by atoms with Crippen molar-refractivity contribution in [3.05, 3.63) is 34.6 Å². The predicted molar refractivity (Wildman–Crippen MR) is 118 cm³/mol. The first-order valence-electron chi connectivity index (χ1n) is 9.87. The molecule has 1 fully saturated rings. The molecule has 2 rings (SSSR count). The highest BCUT2D eigenvalue weighted by Crippen LogP contribution is 2.21. The molecule has 0 saturated carbocycles. The van der Waals surface area contributed by atoms with Gasteiger partial charge in [-0.3, -0.25) is 9.89 Å². The maximum absolute atomic E-state index is 13.2. The first-order chi connectivity index (χ1) is 13.5. The van der Waals surface area contributed by atoms with Crippen molar-refractivity contribution in [1.82, 2.24) is 15.5 Å². The van der Waals surface area contributed by atoms with Crippen LogP contribution in [0, 0.1) is 5.82 Å². The fraction of sp³-hybridized carbons (Fsp3) is 0.650. The van der Waals surface area contributed by atoms with E-state index in [1.807, 2.05) is 0 Å². The first-order valence-corrected chi connectivity index (χ1v) is 11.9. The molecule has 1 atom stereocenters. The summed E-state index contributed by atoms with van der Waals surface area (Å²) in [6, 6.07) is 4.69. The van der Waals surface area contributed by atoms with Crippen LogP contribution < -0.4 is 10.6 Å². The van der Waals surface area contributed by atoms with Crippen LogP contribution in [-0.2, 0) is 16.4 Å². The molecule has 1 aliphatic heterocycles. The molecule has 1 aromatic carbocycles. The molecule has 1 saturated heterocycles. The summed E-state index contributed by atoms with van der Waals surface area (Å²) >= 11 is 6.16. The maximum atomic E-state index is 13.2. The molecule has 0 aromatic heterocycles. The second-order valence-corrected chi connectivity index (χ2v) is 11.7. The number of nitrogens with one attached hydrogen (secondary N) is 2. The normalized spacial score (nSPS) is 19.2. The Morgan fingerprint density at radius 2 is 2.10 bits per heavy atom. The highest BCUT2D eigenvalue weighted by atomic mass is 35.5. The van der Waals surface area contributed by atoms with Crippen molar-refractivity contribution in [2.24, 2.45) is 4.99 Å². The van der Waals surface area contributed by atoms with E-state index in [1.165, 1.54) is 12.1 Å². The lowest BCUT2D eigenvalue weighted by molar-refractivity contribution is 0.192. The van der Waals surface area contributed by atoms with Gasteiger partial charge in [-0.2, -0.15) is 0 Å². The summed E-state index contributed by atoms with van der Waals surface area (Å²) in [7, 11) is -1.50. The molecule has 0 spiro atoms. The van der Waals surface area contributed by atoms with E-state index in [0.29, 0.717) is 24.1 Å². The Morgan fingerprint density at radius 1 is 1.38 bits per heavy atom. The van der Waals surface area contributed by atoms with E-state index in [0.717, 1.165) is 31.5 Å². The third kappa shape index (κ3) is 7.12. The van der Waals surface area contributed by atoms with Crippen LogP contribution in [0.25, 0.3) is 0 Å². The minimum absolute atomic E-state index is 0.0526. The standard InChI is InChI=1S/C20H32ClFN4O2S/c1-20(2,3)29(27,28)11-9-24-19(23-4)25-17-6-5-10-26(14-17)13-15-7-8-16(22)12-18(15)21/h7-8,12,17H,5-6,9-11,13-14H2,1-4H3,(H2,23,24,25). The Bertz CT molecular complexity index is 824. The molecule has 2 N–H and O–H groups in total. The zero-order chi connectivity index (χ0) is 21.7. The number of piperidine rings is 1. The minimum Gasteiger partial charge on any atom is -0.355 e. The highest BCUT2D eigenvalue weighted by molar-refractivity contribution is 7.92. The Labute approximate surface area is 178 Å². The molecule has 29 heavy (non-hydrogen) atoms. The third-order valence-corrected chi connectivity index (χ3v) is 8.03. The van der Waals surface area contributed by atoms with Crippen LogP contribution in [-0.4, -0.2) is 62.5 Å². The third-order valence-electron chi connectivity index (χ3n) is 5.08. The predicted octanol–water partition coefficient (Wildman–Crippen LogP) is 2.82. The van der Waals surface area contributed by atoms with Gasteiger partial charge in [-0.1, -0.05) is 17.7 Å². The second kappa shape index (κ2) is 10.1. The largest absolute Gasteiger partial charge is 0.355 e. The summed E-state index contributed by atoms with van der Waals surface area (Å²) in [5, 5.41) is 6.92. The van der Waals surface area contributed by atoms with E-state index >= 15 is 0 Å². The van der Waals surface area contributed by atoms with Crippen molar-refractivity contribution >= 4 is 27.4 Å². The number of guanidine groups is 1. The van der Waals surface area contributed by atoms with Gasteiger partial charge in [-0.05, 0) is 57.9 Å². The van der Waals surface area contributed by atoms with E-state index in [1.54, 1.807) is 33.9 Å². The summed E-state index contributed by atoms with van der Waals surface area (Å²) in [4.78, 5) is 6.49. The molecule has 9 heteroatoms. The fourth-order valence-electron chi connectivity index (χ4n) is 3.21. The van der Waals surface area contributed by atoms with E-state index in [9.17, 15) is 12.8 Å². The maximum Gasteiger partial charge on any atom is 0.191 e. The molecule has 1 unspecified atom stereocenters. The van der Waals surface area contributed by atoms with Crippen LogP contribution in [0.15, 0.2) is 23.2 Å². The molecule has 6 nitrogen and oxygen atoms in total. The molecular weight excluding hydrogens is 415 g/mol. The van der Waals surface area contributed by atoms with Crippen molar-refractivity contribution in [3.63, 3.8) is 0 Å². The molecule has 1 aliphatic rings. The fourth-order valence-corrected chi connectivity index (χ4v) is 4.42. The van der Waals surface area contributed by atoms with Crippen molar-refractivity contribution < 1.29 is 12.8 Å². The van der Waals surface area contributed by atoms with Crippen LogP contribution >= 0.6 is 11.6 Å². The molecule has 1 heterocycles. The van der Waals surface area contributed by atoms with Crippen molar-refractivity contribution in [2.75, 3.05) is 32.4 Å². The van der Waals surface area contributed by atoms with Gasteiger partial charge in [0.1, 0.15) is 5.82 Å². The Balaban J connectivity index is 1.86. The molecular formula is C20H32ClFN4O2S. The van der Waals surface area contributed by atoms with E-state index < -0.39 is 14.6 Å². The minimum atomic E-state index is -3.18. The molecule has 0 radical (unpaired) electrons. The van der Waals surface area contributed by atoms with Crippen LogP contribution in [0.3, 0.4) is 0 Å². The van der Waals surface area contributed by atoms with Gasteiger partial charge in [0.15, 0.2) is 15.8 Å². The summed E-state index contributed by atoms with van der Waals surface area (Å²) < 4.78 is 37.0. The Morgan fingerprint density at radius 3 is 2.72 bits per heavy atom. The number of halogens is 2. The Hall–Kier alpha value is -1.38. The number of hydrogen-bond donors (Lipinski definition) is 2. The van der Waals surface area contributed by atoms with Crippen molar-refractivity contribution in [3.8, 4) is 0 Å². The number of benzene rings is 1. The zero-order valence-corrected chi connectivity index (χ0v) is 19.2. The molecule has 1 aromatic rings. The number of aliphatic imine (C=N–C) groups is 1. The number of nitrogens with zero attached hydrogens (tertiary/aromatic N) is 2. The second-order valence-electron chi connectivity index (χ2n) is 8.38. The van der Waals surface area contributed by atoms with E-state index in [4.69, 9.17) is 11.6 Å². The molecule has 164 valence electrons. The van der Waals surface area contributed by atoms with Gasteiger partial charge < -0.3 is 10.6 Å². The van der Waals surface area contributed by atoms with Crippen LogP contribution in [0.2, 0.25) is 5.02 Å². The number of hydrogen-bond acceptors (Lipinski definition) is 4. The van der Waals surface area contributed by atoms with Crippen LogP contribution in [0.4, 0.5) is 4.39 Å². The smallest absolute Gasteiger partial charge is 0.191 e. The molecule has 0 bridgehead atoms. The van der Waals surface area contributed by atoms with Gasteiger partial charge in [0.2, 0.25) is 0 Å². The zero-order valence-electron chi connectivity index (χ0n) is 17.6. The van der Waals surface area contributed by atoms with Gasteiger partial charge in [-0.15, -0.1) is 0 Å². The van der Waals surface area contributed by atoms with Gasteiger partial charge in [0.05, 0.1) is 10.5 Å². The number of rotatable bonds is 6. The monoisotopic (exact) mass is 446 g/mol. The first kappa shape index (κ1) is 23.9. The summed E-state index contributed by atoms with van der Waals surface area (Å²) in [5.74, 6) is 0.318. The van der Waals surface area contributed by atoms with Crippen molar-refractivity contribution in [2.45, 2.75) is 50.9 Å². The summed E-state index contributed by atoms with van der Waals surface area (Å²) in [5.41, 5.74) is 0.906. The topological polar surface area (TPSA) is 73.8 Å². The number of sulfone groups is 1. The quantitative estimate of drug-likeness (QED) is 0.519. The molecule has 0 aliphatic carbocycles. The number of likely N-dealkylation sites (tertiary alicyclic amines) is 1. The van der Waals surface area contributed by atoms with E-state index in [2.05, 4.69) is 20.5 Å². The van der Waals surface area contributed by atoms with Crippen LogP contribution in [0.5, 0.6) is 0 Å². The lowest BCUT2D eigenvalue weighted by Crippen LogP contribution is -2.51. The highest BCUT2D eigenvalue weighted by Gasteiger charge is 2.28. The average molecular weight is 447 g/mol. The summed E-state index contributed by atoms with van der Waals surface area (Å²) in [6.45, 7) is 7.84. The summed E-state index contributed by atoms with van der Waals surface area (Å²) in [6.07, 6.45) is 2.01. The Kier molecular flexibility index (Phi) is 8.31. The van der Waals surface area contributed by atoms with Crippen LogP contribution in [0.1, 0.15) is 39.2 Å². The lowest BCUT2D eigenvalue weighted by atomic mass is 10.0. The van der Waals surface area contributed by atoms with Crippen molar-refractivity contribution in [1.29, 1.82) is 0 Å². The van der Waals surface area contributed by atoms with Gasteiger partial charge in [0, 0.05) is 37.7 Å². The molecule has 0 amide bonds. The van der Waals surface area contributed by atoms with Gasteiger partial charge >= 0.3 is 0 Å².